The molecule has 1 fully saturated rings. The molecule has 0 aromatic carbocycles. The second-order valence-corrected chi connectivity index (χ2v) is 5.17. The van der Waals surface area contributed by atoms with E-state index in [1.807, 2.05) is 6.92 Å². The lowest BCUT2D eigenvalue weighted by atomic mass is 10.2. The van der Waals surface area contributed by atoms with Gasteiger partial charge >= 0.3 is 5.97 Å². The number of hydrogen-bond acceptors (Lipinski definition) is 7. The van der Waals surface area contributed by atoms with Crippen LogP contribution in [0.3, 0.4) is 0 Å². The highest BCUT2D eigenvalue weighted by molar-refractivity contribution is 7.08. The fourth-order valence-electron chi connectivity index (χ4n) is 2.08. The first-order chi connectivity index (χ1) is 9.69. The van der Waals surface area contributed by atoms with Crippen molar-refractivity contribution in [3.8, 4) is 0 Å². The number of methoxy groups -OCH3 is 1. The predicted octanol–water partition coefficient (Wildman–Crippen LogP) is 0.505. The van der Waals surface area contributed by atoms with Gasteiger partial charge in [0.05, 0.1) is 26.0 Å². The van der Waals surface area contributed by atoms with E-state index in [0.717, 1.165) is 18.0 Å². The van der Waals surface area contributed by atoms with Crippen molar-refractivity contribution in [2.24, 2.45) is 0 Å². The SMILES string of the molecule is CCCc1nnsc1C(=O)N1CCOCC1C(=O)OC. The summed E-state index contributed by atoms with van der Waals surface area (Å²) in [4.78, 5) is 26.3. The van der Waals surface area contributed by atoms with Crippen molar-refractivity contribution in [3.05, 3.63) is 10.6 Å². The molecule has 1 unspecified atom stereocenters. The maximum Gasteiger partial charge on any atom is 0.331 e. The molecule has 1 aliphatic heterocycles. The van der Waals surface area contributed by atoms with E-state index in [0.29, 0.717) is 30.1 Å². The van der Waals surface area contributed by atoms with Crippen molar-refractivity contribution in [3.63, 3.8) is 0 Å². The molecule has 0 aliphatic carbocycles. The standard InChI is InChI=1S/C12H17N3O4S/c1-3-4-8-10(20-14-13-8)11(16)15-5-6-19-7-9(15)12(17)18-2/h9H,3-7H2,1-2H3. The summed E-state index contributed by atoms with van der Waals surface area (Å²) in [7, 11) is 1.30. The van der Waals surface area contributed by atoms with E-state index in [-0.39, 0.29) is 12.5 Å². The Bertz CT molecular complexity index is 491. The average Bonchev–Trinajstić information content (AvgIpc) is 2.94. The smallest absolute Gasteiger partial charge is 0.331 e. The number of morpholine rings is 1. The second-order valence-electron chi connectivity index (χ2n) is 4.41. The van der Waals surface area contributed by atoms with Crippen LogP contribution in [-0.2, 0) is 20.7 Å². The summed E-state index contributed by atoms with van der Waals surface area (Å²) in [5.41, 5.74) is 0.692. The van der Waals surface area contributed by atoms with Crippen molar-refractivity contribution < 1.29 is 19.1 Å². The Morgan fingerprint density at radius 3 is 3.05 bits per heavy atom. The molecule has 1 amide bonds. The molecule has 2 rings (SSSR count). The molecule has 1 aromatic heterocycles. The number of rotatable bonds is 4. The predicted molar refractivity (Wildman–Crippen MR) is 71.6 cm³/mol. The van der Waals surface area contributed by atoms with Crippen LogP contribution in [0.4, 0.5) is 0 Å². The van der Waals surface area contributed by atoms with Gasteiger partial charge in [-0.2, -0.15) is 0 Å². The number of nitrogens with zero attached hydrogens (tertiary/aromatic N) is 3. The van der Waals surface area contributed by atoms with Crippen LogP contribution in [0, 0.1) is 0 Å². The molecule has 1 aliphatic rings. The second kappa shape index (κ2) is 6.76. The molecular formula is C12H17N3O4S. The molecule has 8 heteroatoms. The Morgan fingerprint density at radius 2 is 2.35 bits per heavy atom. The van der Waals surface area contributed by atoms with Crippen LogP contribution in [0.25, 0.3) is 0 Å². The van der Waals surface area contributed by atoms with Gasteiger partial charge in [0.15, 0.2) is 6.04 Å². The quantitative estimate of drug-likeness (QED) is 0.753. The summed E-state index contributed by atoms with van der Waals surface area (Å²) in [6.07, 6.45) is 1.58. The molecule has 2 heterocycles. The van der Waals surface area contributed by atoms with Gasteiger partial charge in [0.1, 0.15) is 4.88 Å². The van der Waals surface area contributed by atoms with Gasteiger partial charge in [-0.3, -0.25) is 4.79 Å². The Kier molecular flexibility index (Phi) is 5.02. The van der Waals surface area contributed by atoms with E-state index in [4.69, 9.17) is 9.47 Å². The molecule has 0 radical (unpaired) electrons. The molecule has 20 heavy (non-hydrogen) atoms. The highest BCUT2D eigenvalue weighted by Gasteiger charge is 2.35. The van der Waals surface area contributed by atoms with Crippen LogP contribution in [-0.4, -0.2) is 59.3 Å². The number of carbonyl (C=O) groups is 2. The Labute approximate surface area is 121 Å². The largest absolute Gasteiger partial charge is 0.467 e. The number of carbonyl (C=O) groups excluding carboxylic acids is 2. The first-order valence-electron chi connectivity index (χ1n) is 6.46. The topological polar surface area (TPSA) is 81.6 Å². The van der Waals surface area contributed by atoms with Crippen molar-refractivity contribution >= 4 is 23.4 Å². The molecular weight excluding hydrogens is 282 g/mol. The van der Waals surface area contributed by atoms with Gasteiger partial charge in [0.25, 0.3) is 5.91 Å². The van der Waals surface area contributed by atoms with Gasteiger partial charge in [-0.05, 0) is 18.0 Å². The molecule has 0 saturated carbocycles. The summed E-state index contributed by atoms with van der Waals surface area (Å²) in [6, 6.07) is -0.696. The number of esters is 1. The third-order valence-electron chi connectivity index (χ3n) is 3.10. The van der Waals surface area contributed by atoms with Crippen molar-refractivity contribution in [2.45, 2.75) is 25.8 Å². The van der Waals surface area contributed by atoms with E-state index in [2.05, 4.69) is 9.59 Å². The first-order valence-corrected chi connectivity index (χ1v) is 7.24. The summed E-state index contributed by atoms with van der Waals surface area (Å²) in [5, 5.41) is 3.99. The van der Waals surface area contributed by atoms with Gasteiger partial charge in [0, 0.05) is 6.54 Å². The molecule has 1 aromatic rings. The van der Waals surface area contributed by atoms with Gasteiger partial charge < -0.3 is 14.4 Å². The summed E-state index contributed by atoms with van der Waals surface area (Å²) < 4.78 is 13.8. The summed E-state index contributed by atoms with van der Waals surface area (Å²) in [6.45, 7) is 2.95. The summed E-state index contributed by atoms with van der Waals surface area (Å²) in [5.74, 6) is -0.685. The number of aromatic nitrogens is 2. The molecule has 110 valence electrons. The summed E-state index contributed by atoms with van der Waals surface area (Å²) >= 11 is 1.07. The lowest BCUT2D eigenvalue weighted by Crippen LogP contribution is -2.53. The Hall–Kier alpha value is -1.54. The highest BCUT2D eigenvalue weighted by atomic mass is 32.1. The third kappa shape index (κ3) is 2.96. The minimum absolute atomic E-state index is 0.160. The molecule has 1 atom stereocenters. The Balaban J connectivity index is 2.21. The third-order valence-corrected chi connectivity index (χ3v) is 3.86. The highest BCUT2D eigenvalue weighted by Crippen LogP contribution is 2.19. The van der Waals surface area contributed by atoms with Crippen LogP contribution < -0.4 is 0 Å². The minimum atomic E-state index is -0.696. The number of hydrogen-bond donors (Lipinski definition) is 0. The van der Waals surface area contributed by atoms with Crippen LogP contribution in [0.5, 0.6) is 0 Å². The van der Waals surface area contributed by atoms with Gasteiger partial charge in [0.2, 0.25) is 0 Å². The van der Waals surface area contributed by atoms with Crippen molar-refractivity contribution in [2.75, 3.05) is 26.9 Å². The maximum atomic E-state index is 12.6. The van der Waals surface area contributed by atoms with Crippen LogP contribution >= 0.6 is 11.5 Å². The molecule has 7 nitrogen and oxygen atoms in total. The lowest BCUT2D eigenvalue weighted by molar-refractivity contribution is -0.151. The van der Waals surface area contributed by atoms with Gasteiger partial charge in [-0.25, -0.2) is 4.79 Å². The molecule has 0 N–H and O–H groups in total. The fraction of sp³-hybridized carbons (Fsp3) is 0.667. The van der Waals surface area contributed by atoms with Gasteiger partial charge in [-0.1, -0.05) is 17.8 Å². The monoisotopic (exact) mass is 299 g/mol. The number of ether oxygens (including phenoxy) is 2. The van der Waals surface area contributed by atoms with Crippen LogP contribution in [0.2, 0.25) is 0 Å². The van der Waals surface area contributed by atoms with E-state index in [9.17, 15) is 9.59 Å². The van der Waals surface area contributed by atoms with Crippen molar-refractivity contribution in [1.82, 2.24) is 14.5 Å². The molecule has 0 spiro atoms. The minimum Gasteiger partial charge on any atom is -0.467 e. The van der Waals surface area contributed by atoms with Crippen LogP contribution in [0.15, 0.2) is 0 Å². The zero-order valence-corrected chi connectivity index (χ0v) is 12.3. The van der Waals surface area contributed by atoms with E-state index in [1.54, 1.807) is 0 Å². The van der Waals surface area contributed by atoms with E-state index >= 15 is 0 Å². The van der Waals surface area contributed by atoms with E-state index < -0.39 is 12.0 Å². The van der Waals surface area contributed by atoms with Crippen molar-refractivity contribution in [1.29, 1.82) is 0 Å². The van der Waals surface area contributed by atoms with Gasteiger partial charge in [-0.15, -0.1) is 5.10 Å². The molecule has 1 saturated heterocycles. The fourth-order valence-corrected chi connectivity index (χ4v) is 2.74. The Morgan fingerprint density at radius 1 is 1.55 bits per heavy atom. The zero-order valence-electron chi connectivity index (χ0n) is 11.5. The lowest BCUT2D eigenvalue weighted by Gasteiger charge is -2.33. The normalized spacial score (nSPS) is 18.9. The average molecular weight is 299 g/mol. The van der Waals surface area contributed by atoms with E-state index in [1.165, 1.54) is 12.0 Å². The maximum absolute atomic E-state index is 12.6. The first kappa shape index (κ1) is 14.9. The van der Waals surface area contributed by atoms with Crippen LogP contribution in [0.1, 0.15) is 28.7 Å². The number of aryl methyl sites for hydroxylation is 1. The zero-order chi connectivity index (χ0) is 14.5. The molecule has 0 bridgehead atoms. The number of amides is 1.